The Morgan fingerprint density at radius 3 is 1.87 bits per heavy atom. The summed E-state index contributed by atoms with van der Waals surface area (Å²) in [7, 11) is 0. The molecule has 0 N–H and O–H groups in total. The van der Waals surface area contributed by atoms with E-state index in [4.69, 9.17) is 0 Å². The van der Waals surface area contributed by atoms with Gasteiger partial charge in [-0.1, -0.05) is 30.3 Å². The molecule has 4 rings (SSSR count). The minimum absolute atomic E-state index is 0.0515. The molecule has 31 heavy (non-hydrogen) atoms. The van der Waals surface area contributed by atoms with E-state index in [1.165, 1.54) is 41.4 Å². The summed E-state index contributed by atoms with van der Waals surface area (Å²) in [5.41, 5.74) is 2.29. The number of non-ortho nitro benzene ring substituents is 2. The molecule has 3 aromatic rings. The second-order valence-electron chi connectivity index (χ2n) is 6.61. The standard InChI is InChI=1S/C22H14N4O5/c27-22-20(14-15-6-8-18(9-7-15)25(28)29)21(16-4-2-1-3-5-16)23-24(22)17-10-12-19(13-11-17)26(30)31/h1-14H. The first-order chi connectivity index (χ1) is 14.9. The summed E-state index contributed by atoms with van der Waals surface area (Å²) in [4.78, 5) is 34.0. The van der Waals surface area contributed by atoms with E-state index in [1.807, 2.05) is 30.3 Å². The molecule has 0 atom stereocenters. The van der Waals surface area contributed by atoms with Crippen molar-refractivity contribution in [2.45, 2.75) is 0 Å². The Hall–Kier alpha value is -4.66. The molecule has 3 aromatic carbocycles. The van der Waals surface area contributed by atoms with Crippen molar-refractivity contribution in [3.05, 3.63) is 116 Å². The van der Waals surface area contributed by atoms with Crippen LogP contribution in [0.25, 0.3) is 6.08 Å². The Bertz CT molecular complexity index is 1230. The number of nitrogens with zero attached hydrogens (tertiary/aromatic N) is 4. The third kappa shape index (κ3) is 3.92. The molecule has 0 fully saturated rings. The maximum absolute atomic E-state index is 13.2. The third-order valence-corrected chi connectivity index (χ3v) is 4.65. The van der Waals surface area contributed by atoms with Crippen LogP contribution in [0.15, 0.2) is 89.5 Å². The number of amides is 1. The van der Waals surface area contributed by atoms with Crippen molar-refractivity contribution in [1.82, 2.24) is 0 Å². The van der Waals surface area contributed by atoms with E-state index >= 15 is 0 Å². The number of nitro groups is 2. The summed E-state index contributed by atoms with van der Waals surface area (Å²) in [5.74, 6) is -0.411. The Kier molecular flexibility index (Phi) is 5.07. The molecule has 1 aliphatic heterocycles. The smallest absolute Gasteiger partial charge is 0.267 e. The average molecular weight is 414 g/mol. The van der Waals surface area contributed by atoms with Crippen LogP contribution in [0.5, 0.6) is 0 Å². The maximum Gasteiger partial charge on any atom is 0.281 e. The Morgan fingerprint density at radius 1 is 0.774 bits per heavy atom. The highest BCUT2D eigenvalue weighted by atomic mass is 16.6. The van der Waals surface area contributed by atoms with E-state index in [2.05, 4.69) is 5.10 Å². The molecule has 1 heterocycles. The quantitative estimate of drug-likeness (QED) is 0.349. The van der Waals surface area contributed by atoms with Gasteiger partial charge in [0.15, 0.2) is 0 Å². The minimum Gasteiger partial charge on any atom is -0.267 e. The molecule has 0 unspecified atom stereocenters. The molecule has 0 aromatic heterocycles. The Labute approximate surface area is 175 Å². The Balaban J connectivity index is 1.76. The zero-order valence-corrected chi connectivity index (χ0v) is 15.9. The van der Waals surface area contributed by atoms with Crippen molar-refractivity contribution in [3.63, 3.8) is 0 Å². The molecule has 0 saturated heterocycles. The summed E-state index contributed by atoms with van der Waals surface area (Å²) in [6.45, 7) is 0. The van der Waals surface area contributed by atoms with Gasteiger partial charge in [0, 0.05) is 29.8 Å². The van der Waals surface area contributed by atoms with Crippen molar-refractivity contribution in [1.29, 1.82) is 0 Å². The van der Waals surface area contributed by atoms with Crippen molar-refractivity contribution in [3.8, 4) is 0 Å². The van der Waals surface area contributed by atoms with Gasteiger partial charge in [-0.25, -0.2) is 0 Å². The van der Waals surface area contributed by atoms with Crippen LogP contribution in [-0.2, 0) is 4.79 Å². The molecule has 0 saturated carbocycles. The van der Waals surface area contributed by atoms with Gasteiger partial charge in [-0.2, -0.15) is 10.1 Å². The summed E-state index contributed by atoms with van der Waals surface area (Å²) in [6, 6.07) is 20.5. The molecule has 0 bridgehead atoms. The van der Waals surface area contributed by atoms with Gasteiger partial charge in [-0.3, -0.25) is 25.0 Å². The zero-order chi connectivity index (χ0) is 22.0. The zero-order valence-electron chi connectivity index (χ0n) is 15.9. The number of anilines is 1. The van der Waals surface area contributed by atoms with Gasteiger partial charge in [-0.05, 0) is 35.9 Å². The summed E-state index contributed by atoms with van der Waals surface area (Å²) in [6.07, 6.45) is 1.61. The first-order valence-electron chi connectivity index (χ1n) is 9.13. The molecule has 9 heteroatoms. The predicted molar refractivity (Wildman–Crippen MR) is 115 cm³/mol. The lowest BCUT2D eigenvalue weighted by Crippen LogP contribution is -2.21. The molecule has 152 valence electrons. The molecule has 0 aliphatic carbocycles. The molecule has 0 radical (unpaired) electrons. The van der Waals surface area contributed by atoms with E-state index in [0.29, 0.717) is 28.1 Å². The normalized spacial score (nSPS) is 14.6. The monoisotopic (exact) mass is 414 g/mol. The van der Waals surface area contributed by atoms with Crippen LogP contribution < -0.4 is 5.01 Å². The number of hydrogen-bond donors (Lipinski definition) is 0. The second kappa shape index (κ2) is 7.99. The summed E-state index contributed by atoms with van der Waals surface area (Å²) >= 11 is 0. The Morgan fingerprint density at radius 2 is 1.32 bits per heavy atom. The second-order valence-corrected chi connectivity index (χ2v) is 6.61. The van der Waals surface area contributed by atoms with Gasteiger partial charge in [0.05, 0.1) is 21.1 Å². The molecular formula is C22H14N4O5. The molecule has 0 spiro atoms. The van der Waals surface area contributed by atoms with Crippen molar-refractivity contribution in [2.75, 3.05) is 5.01 Å². The summed E-state index contributed by atoms with van der Waals surface area (Å²) < 4.78 is 0. The van der Waals surface area contributed by atoms with Crippen LogP contribution in [0.4, 0.5) is 17.1 Å². The highest BCUT2D eigenvalue weighted by Gasteiger charge is 2.32. The topological polar surface area (TPSA) is 119 Å². The number of benzene rings is 3. The largest absolute Gasteiger partial charge is 0.281 e. The van der Waals surface area contributed by atoms with Crippen LogP contribution in [0.3, 0.4) is 0 Å². The first kappa shape index (κ1) is 19.6. The fourth-order valence-corrected chi connectivity index (χ4v) is 3.10. The van der Waals surface area contributed by atoms with Gasteiger partial charge < -0.3 is 0 Å². The number of hydrogen-bond acceptors (Lipinski definition) is 6. The molecule has 1 aliphatic rings. The minimum atomic E-state index is -0.520. The van der Waals surface area contributed by atoms with Crippen LogP contribution in [0.1, 0.15) is 11.1 Å². The number of carbonyl (C=O) groups is 1. The number of carbonyl (C=O) groups excluding carboxylic acids is 1. The highest BCUT2D eigenvalue weighted by molar-refractivity contribution is 6.37. The van der Waals surface area contributed by atoms with E-state index in [1.54, 1.807) is 18.2 Å². The van der Waals surface area contributed by atoms with Crippen molar-refractivity contribution < 1.29 is 14.6 Å². The first-order valence-corrected chi connectivity index (χ1v) is 9.13. The molecule has 9 nitrogen and oxygen atoms in total. The van der Waals surface area contributed by atoms with Crippen molar-refractivity contribution in [2.24, 2.45) is 5.10 Å². The van der Waals surface area contributed by atoms with Gasteiger partial charge >= 0.3 is 0 Å². The van der Waals surface area contributed by atoms with E-state index in [9.17, 15) is 25.0 Å². The average Bonchev–Trinajstić information content (AvgIpc) is 3.11. The molecular weight excluding hydrogens is 400 g/mol. The lowest BCUT2D eigenvalue weighted by Gasteiger charge is -2.11. The SMILES string of the molecule is O=C1C(=Cc2ccc([N+](=O)[O-])cc2)C(c2ccccc2)=NN1c1ccc([N+](=O)[O-])cc1. The van der Waals surface area contributed by atoms with Crippen LogP contribution in [0.2, 0.25) is 0 Å². The number of rotatable bonds is 5. The van der Waals surface area contributed by atoms with E-state index in [0.717, 1.165) is 0 Å². The fraction of sp³-hybridized carbons (Fsp3) is 0. The maximum atomic E-state index is 13.2. The van der Waals surface area contributed by atoms with Crippen LogP contribution in [0, 0.1) is 20.2 Å². The van der Waals surface area contributed by atoms with Gasteiger partial charge in [0.25, 0.3) is 17.3 Å². The van der Waals surface area contributed by atoms with Crippen LogP contribution in [-0.4, -0.2) is 21.5 Å². The lowest BCUT2D eigenvalue weighted by atomic mass is 10.00. The fourth-order valence-electron chi connectivity index (χ4n) is 3.10. The van der Waals surface area contributed by atoms with E-state index < -0.39 is 15.8 Å². The summed E-state index contributed by atoms with van der Waals surface area (Å²) in [5, 5.41) is 27.4. The van der Waals surface area contributed by atoms with Gasteiger partial charge in [-0.15, -0.1) is 0 Å². The predicted octanol–water partition coefficient (Wildman–Crippen LogP) is 4.34. The third-order valence-electron chi connectivity index (χ3n) is 4.65. The van der Waals surface area contributed by atoms with Crippen molar-refractivity contribution >= 4 is 34.8 Å². The number of nitro benzene ring substituents is 2. The van der Waals surface area contributed by atoms with Crippen LogP contribution >= 0.6 is 0 Å². The van der Waals surface area contributed by atoms with Gasteiger partial charge in [0.2, 0.25) is 0 Å². The highest BCUT2D eigenvalue weighted by Crippen LogP contribution is 2.29. The molecule has 1 amide bonds. The lowest BCUT2D eigenvalue weighted by molar-refractivity contribution is -0.385. The van der Waals surface area contributed by atoms with E-state index in [-0.39, 0.29) is 11.4 Å². The number of hydrazone groups is 1. The van der Waals surface area contributed by atoms with Gasteiger partial charge in [0.1, 0.15) is 5.71 Å².